The SMILES string of the molecule is O=C(CCCCCn1c(O)c(/C=C2\C=Nc3ccccc32)sc1=S)Nc1ccc([N+](=O)[O-])cc1. The Kier molecular flexibility index (Phi) is 7.29. The number of rotatable bonds is 9. The van der Waals surface area contributed by atoms with Crippen molar-refractivity contribution < 1.29 is 14.8 Å². The van der Waals surface area contributed by atoms with E-state index < -0.39 is 4.92 Å². The Morgan fingerprint density at radius 3 is 2.71 bits per heavy atom. The van der Waals surface area contributed by atoms with Crippen molar-refractivity contribution in [1.29, 1.82) is 0 Å². The fraction of sp³-hybridized carbons (Fsp3) is 0.208. The van der Waals surface area contributed by atoms with Crippen LogP contribution in [0, 0.1) is 14.1 Å². The molecule has 0 spiro atoms. The normalized spacial score (nSPS) is 13.2. The van der Waals surface area contributed by atoms with Crippen LogP contribution in [0.5, 0.6) is 5.88 Å². The molecular weight excluding hydrogens is 472 g/mol. The van der Waals surface area contributed by atoms with Crippen LogP contribution in [-0.2, 0) is 11.3 Å². The van der Waals surface area contributed by atoms with Gasteiger partial charge < -0.3 is 10.4 Å². The van der Waals surface area contributed by atoms with Crippen LogP contribution in [-0.4, -0.2) is 26.7 Å². The number of nitro groups is 1. The number of benzene rings is 2. The van der Waals surface area contributed by atoms with Crippen LogP contribution in [0.4, 0.5) is 17.1 Å². The average molecular weight is 495 g/mol. The van der Waals surface area contributed by atoms with Crippen molar-refractivity contribution in [2.45, 2.75) is 32.2 Å². The molecule has 34 heavy (non-hydrogen) atoms. The molecule has 8 nitrogen and oxygen atoms in total. The third kappa shape index (κ3) is 5.46. The van der Waals surface area contributed by atoms with Crippen molar-refractivity contribution in [3.63, 3.8) is 0 Å². The molecule has 0 bridgehead atoms. The maximum absolute atomic E-state index is 12.1. The molecule has 2 heterocycles. The first-order chi connectivity index (χ1) is 16.4. The second-order valence-electron chi connectivity index (χ2n) is 7.75. The largest absolute Gasteiger partial charge is 0.493 e. The topological polar surface area (TPSA) is 110 Å². The number of aliphatic imine (C=N–C) groups is 1. The number of nitrogens with one attached hydrogen (secondary N) is 1. The van der Waals surface area contributed by atoms with Gasteiger partial charge in [-0.05, 0) is 49.3 Å². The lowest BCUT2D eigenvalue weighted by molar-refractivity contribution is -0.384. The van der Waals surface area contributed by atoms with Gasteiger partial charge in [-0.25, -0.2) is 0 Å². The van der Waals surface area contributed by atoms with Crippen LogP contribution in [0.3, 0.4) is 0 Å². The number of carbonyl (C=O) groups excluding carboxylic acids is 1. The summed E-state index contributed by atoms with van der Waals surface area (Å²) in [4.78, 5) is 27.4. The van der Waals surface area contributed by atoms with Crippen molar-refractivity contribution in [3.8, 4) is 5.88 Å². The van der Waals surface area contributed by atoms with E-state index in [-0.39, 0.29) is 17.5 Å². The lowest BCUT2D eigenvalue weighted by atomic mass is 10.1. The molecule has 0 radical (unpaired) electrons. The van der Waals surface area contributed by atoms with Crippen LogP contribution in [0.2, 0.25) is 0 Å². The van der Waals surface area contributed by atoms with E-state index in [0.29, 0.717) is 33.9 Å². The summed E-state index contributed by atoms with van der Waals surface area (Å²) in [5.74, 6) is 0.00691. The molecule has 0 aliphatic carbocycles. The minimum atomic E-state index is -0.481. The van der Waals surface area contributed by atoms with Gasteiger partial charge in [-0.15, -0.1) is 11.3 Å². The molecule has 1 amide bonds. The summed E-state index contributed by atoms with van der Waals surface area (Å²) in [6, 6.07) is 13.6. The van der Waals surface area contributed by atoms with Gasteiger partial charge in [0, 0.05) is 48.1 Å². The molecule has 1 aliphatic rings. The molecule has 0 unspecified atom stereocenters. The average Bonchev–Trinajstić information content (AvgIpc) is 3.35. The Morgan fingerprint density at radius 2 is 1.94 bits per heavy atom. The summed E-state index contributed by atoms with van der Waals surface area (Å²) in [6.45, 7) is 0.568. The van der Waals surface area contributed by atoms with Gasteiger partial charge in [0.2, 0.25) is 11.8 Å². The van der Waals surface area contributed by atoms with E-state index in [1.807, 2.05) is 30.3 Å². The molecule has 174 valence electrons. The number of aromatic hydroxyl groups is 1. The summed E-state index contributed by atoms with van der Waals surface area (Å²) in [5, 5.41) is 24.1. The molecule has 0 saturated heterocycles. The highest BCUT2D eigenvalue weighted by atomic mass is 32.1. The van der Waals surface area contributed by atoms with Crippen LogP contribution in [0.1, 0.15) is 36.1 Å². The van der Waals surface area contributed by atoms with Crippen LogP contribution >= 0.6 is 23.6 Å². The second-order valence-corrected chi connectivity index (χ2v) is 9.42. The molecule has 2 N–H and O–H groups in total. The Hall–Kier alpha value is -3.63. The summed E-state index contributed by atoms with van der Waals surface area (Å²) in [7, 11) is 0. The van der Waals surface area contributed by atoms with Crippen molar-refractivity contribution in [1.82, 2.24) is 4.57 Å². The van der Waals surface area contributed by atoms with Gasteiger partial charge in [-0.3, -0.25) is 24.5 Å². The minimum absolute atomic E-state index is 0.0196. The number of hydrogen-bond donors (Lipinski definition) is 2. The van der Waals surface area contributed by atoms with E-state index in [4.69, 9.17) is 12.2 Å². The van der Waals surface area contributed by atoms with Crippen molar-refractivity contribution in [2.75, 3.05) is 5.32 Å². The van der Waals surface area contributed by atoms with Gasteiger partial charge in [-0.2, -0.15) is 0 Å². The third-order valence-electron chi connectivity index (χ3n) is 5.39. The number of para-hydroxylation sites is 1. The van der Waals surface area contributed by atoms with E-state index in [2.05, 4.69) is 10.3 Å². The lowest BCUT2D eigenvalue weighted by Gasteiger charge is -2.06. The van der Waals surface area contributed by atoms with Gasteiger partial charge in [0.05, 0.1) is 15.5 Å². The molecule has 0 saturated carbocycles. The van der Waals surface area contributed by atoms with E-state index in [0.717, 1.165) is 29.7 Å². The number of aromatic nitrogens is 1. The number of fused-ring (bicyclic) bond motifs is 1. The first kappa shape index (κ1) is 23.5. The molecule has 4 rings (SSSR count). The standard InChI is InChI=1S/C24H22N4O4S2/c29-22(26-17-9-11-18(12-10-17)28(31)32)8-2-1-5-13-27-23(30)21(34-24(27)33)14-16-15-25-20-7-4-3-6-19(16)20/h3-4,6-7,9-12,14-15,30H,1-2,5,8,13H2,(H,26,29)/b16-14+. The monoisotopic (exact) mass is 494 g/mol. The number of thiazole rings is 1. The first-order valence-electron chi connectivity index (χ1n) is 10.7. The van der Waals surface area contributed by atoms with Gasteiger partial charge >= 0.3 is 0 Å². The molecule has 0 atom stereocenters. The zero-order valence-corrected chi connectivity index (χ0v) is 19.8. The third-order valence-corrected chi connectivity index (χ3v) is 6.77. The minimum Gasteiger partial charge on any atom is -0.493 e. The smallest absolute Gasteiger partial charge is 0.269 e. The number of anilines is 1. The van der Waals surface area contributed by atoms with Crippen LogP contribution < -0.4 is 5.32 Å². The number of unbranched alkanes of at least 4 members (excludes halogenated alkanes) is 2. The fourth-order valence-electron chi connectivity index (χ4n) is 3.62. The fourth-order valence-corrected chi connectivity index (χ4v) is 4.93. The van der Waals surface area contributed by atoms with E-state index in [1.54, 1.807) is 10.8 Å². The number of nitrogens with zero attached hydrogens (tertiary/aromatic N) is 3. The number of non-ortho nitro benzene ring substituents is 1. The van der Waals surface area contributed by atoms with Crippen molar-refractivity contribution in [2.24, 2.45) is 4.99 Å². The molecule has 1 aromatic heterocycles. The maximum Gasteiger partial charge on any atom is 0.269 e. The second kappa shape index (κ2) is 10.5. The predicted octanol–water partition coefficient (Wildman–Crippen LogP) is 6.35. The van der Waals surface area contributed by atoms with Crippen molar-refractivity contribution >= 4 is 64.4 Å². The number of amides is 1. The van der Waals surface area contributed by atoms with Gasteiger partial charge in [0.15, 0.2) is 3.95 Å². The zero-order valence-electron chi connectivity index (χ0n) is 18.1. The highest BCUT2D eigenvalue weighted by molar-refractivity contribution is 7.73. The molecule has 1 aliphatic heterocycles. The number of nitro benzene ring substituents is 1. The molecular formula is C24H22N4O4S2. The Balaban J connectivity index is 1.26. The van der Waals surface area contributed by atoms with Crippen LogP contribution in [0.15, 0.2) is 53.5 Å². The molecule has 2 aromatic carbocycles. The summed E-state index contributed by atoms with van der Waals surface area (Å²) in [5.41, 5.74) is 3.39. The maximum atomic E-state index is 12.1. The highest BCUT2D eigenvalue weighted by Gasteiger charge is 2.15. The molecule has 10 heteroatoms. The van der Waals surface area contributed by atoms with E-state index in [1.165, 1.54) is 35.6 Å². The molecule has 3 aromatic rings. The molecule has 0 fully saturated rings. The summed E-state index contributed by atoms with van der Waals surface area (Å²) in [6.07, 6.45) is 6.28. The van der Waals surface area contributed by atoms with Crippen LogP contribution in [0.25, 0.3) is 11.6 Å². The number of allylic oxidation sites excluding steroid dienone is 1. The van der Waals surface area contributed by atoms with Gasteiger partial charge in [-0.1, -0.05) is 24.6 Å². The quantitative estimate of drug-likeness (QED) is 0.156. The summed E-state index contributed by atoms with van der Waals surface area (Å²) < 4.78 is 2.32. The van der Waals surface area contributed by atoms with Gasteiger partial charge in [0.25, 0.3) is 5.69 Å². The van der Waals surface area contributed by atoms with Crippen molar-refractivity contribution in [3.05, 3.63) is 73.0 Å². The summed E-state index contributed by atoms with van der Waals surface area (Å²) >= 11 is 6.81. The van der Waals surface area contributed by atoms with Gasteiger partial charge in [0.1, 0.15) is 0 Å². The number of hydrogen-bond acceptors (Lipinski definition) is 7. The van der Waals surface area contributed by atoms with E-state index in [9.17, 15) is 20.0 Å². The Morgan fingerprint density at radius 1 is 1.18 bits per heavy atom. The predicted molar refractivity (Wildman–Crippen MR) is 137 cm³/mol. The number of carbonyl (C=O) groups is 1. The van der Waals surface area contributed by atoms with E-state index >= 15 is 0 Å². The Labute approximate surface area is 205 Å². The Bertz CT molecular complexity index is 1340. The zero-order chi connectivity index (χ0) is 24.1. The first-order valence-corrected chi connectivity index (χ1v) is 12.0. The highest BCUT2D eigenvalue weighted by Crippen LogP contribution is 2.35. The lowest BCUT2D eigenvalue weighted by Crippen LogP contribution is -2.11.